The molecule has 2 heterocycles. The van der Waals surface area contributed by atoms with Crippen LogP contribution in [0.1, 0.15) is 10.4 Å². The van der Waals surface area contributed by atoms with Gasteiger partial charge in [-0.2, -0.15) is 5.10 Å². The SMILES string of the molecule is Cn1ncc(C=O)c1-c1ccc([N+](=O)[O-])o1. The van der Waals surface area contributed by atoms with Crippen LogP contribution in [0.3, 0.4) is 0 Å². The third-order valence-corrected chi connectivity index (χ3v) is 2.10. The van der Waals surface area contributed by atoms with Crippen molar-refractivity contribution < 1.29 is 14.1 Å². The molecule has 0 unspecified atom stereocenters. The van der Waals surface area contributed by atoms with Gasteiger partial charge in [-0.1, -0.05) is 0 Å². The smallest absolute Gasteiger partial charge is 0.399 e. The van der Waals surface area contributed by atoms with Gasteiger partial charge in [0.15, 0.2) is 12.0 Å². The molecule has 2 aromatic heterocycles. The Kier molecular flexibility index (Phi) is 2.28. The molecule has 0 saturated heterocycles. The van der Waals surface area contributed by atoms with E-state index < -0.39 is 4.92 Å². The normalized spacial score (nSPS) is 10.3. The Labute approximate surface area is 89.4 Å². The van der Waals surface area contributed by atoms with E-state index in [1.54, 1.807) is 7.05 Å². The van der Waals surface area contributed by atoms with Crippen LogP contribution < -0.4 is 0 Å². The molecule has 0 bridgehead atoms. The van der Waals surface area contributed by atoms with Crippen molar-refractivity contribution in [1.82, 2.24) is 9.78 Å². The second kappa shape index (κ2) is 3.61. The second-order valence-corrected chi connectivity index (χ2v) is 3.08. The maximum atomic E-state index is 10.7. The van der Waals surface area contributed by atoms with Crippen molar-refractivity contribution in [3.05, 3.63) is 34.0 Å². The lowest BCUT2D eigenvalue weighted by atomic mass is 10.2. The highest BCUT2D eigenvalue weighted by Gasteiger charge is 2.18. The fraction of sp³-hybridized carbons (Fsp3) is 0.111. The van der Waals surface area contributed by atoms with Crippen molar-refractivity contribution in [2.45, 2.75) is 0 Å². The molecule has 82 valence electrons. The number of hydrogen-bond donors (Lipinski definition) is 0. The first kappa shape index (κ1) is 10.1. The Morgan fingerprint density at radius 2 is 2.31 bits per heavy atom. The predicted molar refractivity (Wildman–Crippen MR) is 53.0 cm³/mol. The fourth-order valence-corrected chi connectivity index (χ4v) is 1.40. The van der Waals surface area contributed by atoms with E-state index in [0.717, 1.165) is 0 Å². The largest absolute Gasteiger partial charge is 0.433 e. The monoisotopic (exact) mass is 221 g/mol. The van der Waals surface area contributed by atoms with E-state index in [1.807, 2.05) is 0 Å². The molecule has 0 aliphatic heterocycles. The van der Waals surface area contributed by atoms with Crippen molar-refractivity contribution in [1.29, 1.82) is 0 Å². The highest BCUT2D eigenvalue weighted by Crippen LogP contribution is 2.27. The minimum absolute atomic E-state index is 0.244. The van der Waals surface area contributed by atoms with Gasteiger partial charge in [-0.25, -0.2) is 0 Å². The third-order valence-electron chi connectivity index (χ3n) is 2.10. The van der Waals surface area contributed by atoms with Crippen LogP contribution in [0.2, 0.25) is 0 Å². The standard InChI is InChI=1S/C9H7N3O4/c1-11-9(6(5-13)4-10-11)7-2-3-8(16-7)12(14)15/h2-5H,1H3. The Morgan fingerprint density at radius 3 is 2.88 bits per heavy atom. The van der Waals surface area contributed by atoms with Gasteiger partial charge in [0.2, 0.25) is 0 Å². The average molecular weight is 221 g/mol. The molecule has 0 aromatic carbocycles. The summed E-state index contributed by atoms with van der Waals surface area (Å²) in [6.07, 6.45) is 1.99. The molecule has 0 atom stereocenters. The number of aldehydes is 1. The summed E-state index contributed by atoms with van der Waals surface area (Å²) < 4.78 is 6.42. The Balaban J connectivity index is 2.53. The number of carbonyl (C=O) groups is 1. The summed E-state index contributed by atoms with van der Waals surface area (Å²) >= 11 is 0. The Bertz CT molecular complexity index is 555. The van der Waals surface area contributed by atoms with Gasteiger partial charge in [-0.3, -0.25) is 19.6 Å². The number of furan rings is 1. The molecule has 0 radical (unpaired) electrons. The van der Waals surface area contributed by atoms with E-state index in [2.05, 4.69) is 5.10 Å². The highest BCUT2D eigenvalue weighted by molar-refractivity contribution is 5.84. The number of aryl methyl sites for hydroxylation is 1. The van der Waals surface area contributed by atoms with E-state index in [-0.39, 0.29) is 11.6 Å². The zero-order chi connectivity index (χ0) is 11.7. The Hall–Kier alpha value is -2.44. The molecule has 0 N–H and O–H groups in total. The molecular formula is C9H7N3O4. The first-order chi connectivity index (χ1) is 7.63. The zero-order valence-electron chi connectivity index (χ0n) is 8.28. The maximum Gasteiger partial charge on any atom is 0.433 e. The molecule has 7 heteroatoms. The molecule has 0 fully saturated rings. The Morgan fingerprint density at radius 1 is 1.56 bits per heavy atom. The molecule has 0 aliphatic carbocycles. The summed E-state index contributed by atoms with van der Waals surface area (Å²) in [6, 6.07) is 2.67. The number of rotatable bonds is 3. The number of nitro groups is 1. The van der Waals surface area contributed by atoms with E-state index >= 15 is 0 Å². The van der Waals surface area contributed by atoms with E-state index in [1.165, 1.54) is 23.0 Å². The summed E-state index contributed by atoms with van der Waals surface area (Å²) in [5, 5.41) is 14.3. The van der Waals surface area contributed by atoms with Crippen molar-refractivity contribution in [2.24, 2.45) is 7.05 Å². The molecule has 0 spiro atoms. The quantitative estimate of drug-likeness (QED) is 0.443. The first-order valence-corrected chi connectivity index (χ1v) is 4.35. The number of nitrogens with zero attached hydrogens (tertiary/aromatic N) is 3. The minimum Gasteiger partial charge on any atom is -0.399 e. The molecule has 2 aromatic rings. The van der Waals surface area contributed by atoms with E-state index in [0.29, 0.717) is 17.5 Å². The zero-order valence-corrected chi connectivity index (χ0v) is 8.28. The van der Waals surface area contributed by atoms with Gasteiger partial charge in [-0.15, -0.1) is 0 Å². The predicted octanol–water partition coefficient (Wildman–Crippen LogP) is 1.40. The van der Waals surface area contributed by atoms with Gasteiger partial charge in [-0.05, 0) is 6.07 Å². The van der Waals surface area contributed by atoms with Crippen molar-refractivity contribution in [3.63, 3.8) is 0 Å². The topological polar surface area (TPSA) is 91.2 Å². The molecule has 0 saturated carbocycles. The lowest BCUT2D eigenvalue weighted by Gasteiger charge is -1.97. The lowest BCUT2D eigenvalue weighted by Crippen LogP contribution is -1.94. The minimum atomic E-state index is -0.638. The third kappa shape index (κ3) is 1.48. The lowest BCUT2D eigenvalue weighted by molar-refractivity contribution is -0.401. The van der Waals surface area contributed by atoms with Gasteiger partial charge in [0, 0.05) is 7.05 Å². The molecule has 16 heavy (non-hydrogen) atoms. The fourth-order valence-electron chi connectivity index (χ4n) is 1.40. The second-order valence-electron chi connectivity index (χ2n) is 3.08. The molecular weight excluding hydrogens is 214 g/mol. The van der Waals surface area contributed by atoms with E-state index in [4.69, 9.17) is 4.42 Å². The van der Waals surface area contributed by atoms with Crippen LogP contribution in [-0.2, 0) is 7.05 Å². The average Bonchev–Trinajstić information content (AvgIpc) is 2.83. The van der Waals surface area contributed by atoms with Gasteiger partial charge >= 0.3 is 5.88 Å². The van der Waals surface area contributed by atoms with Crippen molar-refractivity contribution in [2.75, 3.05) is 0 Å². The summed E-state index contributed by atoms with van der Waals surface area (Å²) in [6.45, 7) is 0. The molecule has 0 amide bonds. The van der Waals surface area contributed by atoms with Crippen LogP contribution >= 0.6 is 0 Å². The van der Waals surface area contributed by atoms with Gasteiger partial charge in [0.05, 0.1) is 17.8 Å². The molecule has 0 aliphatic rings. The van der Waals surface area contributed by atoms with Crippen LogP contribution in [0.25, 0.3) is 11.5 Å². The summed E-state index contributed by atoms with van der Waals surface area (Å²) in [5.41, 5.74) is 0.745. The first-order valence-electron chi connectivity index (χ1n) is 4.35. The summed E-state index contributed by atoms with van der Waals surface area (Å²) in [7, 11) is 1.62. The van der Waals surface area contributed by atoms with Crippen LogP contribution in [0.4, 0.5) is 5.88 Å². The van der Waals surface area contributed by atoms with Gasteiger partial charge < -0.3 is 4.42 Å². The molecule has 2 rings (SSSR count). The van der Waals surface area contributed by atoms with Crippen molar-refractivity contribution in [3.8, 4) is 11.5 Å². The summed E-state index contributed by atoms with van der Waals surface area (Å²) in [5.74, 6) is -0.123. The van der Waals surface area contributed by atoms with Gasteiger partial charge in [0.25, 0.3) is 0 Å². The molecule has 7 nitrogen and oxygen atoms in total. The van der Waals surface area contributed by atoms with Crippen LogP contribution in [0.15, 0.2) is 22.7 Å². The summed E-state index contributed by atoms with van der Waals surface area (Å²) in [4.78, 5) is 20.5. The van der Waals surface area contributed by atoms with E-state index in [9.17, 15) is 14.9 Å². The number of aromatic nitrogens is 2. The van der Waals surface area contributed by atoms with Crippen molar-refractivity contribution >= 4 is 12.2 Å². The highest BCUT2D eigenvalue weighted by atomic mass is 16.6. The van der Waals surface area contributed by atoms with Gasteiger partial charge in [0.1, 0.15) is 10.6 Å². The van der Waals surface area contributed by atoms with Crippen LogP contribution in [0, 0.1) is 10.1 Å². The maximum absolute atomic E-state index is 10.7. The number of hydrogen-bond acceptors (Lipinski definition) is 5. The van der Waals surface area contributed by atoms with Crippen LogP contribution in [-0.4, -0.2) is 21.0 Å². The number of carbonyl (C=O) groups excluding carboxylic acids is 1. The van der Waals surface area contributed by atoms with Crippen LogP contribution in [0.5, 0.6) is 0 Å².